The molecular formula is C8H17NO2S. The summed E-state index contributed by atoms with van der Waals surface area (Å²) in [6.07, 6.45) is 2.70. The molecule has 0 heterocycles. The summed E-state index contributed by atoms with van der Waals surface area (Å²) >= 11 is 0. The fourth-order valence-corrected chi connectivity index (χ4v) is 2.94. The molecule has 1 N–H and O–H groups in total. The van der Waals surface area contributed by atoms with Gasteiger partial charge in [0.05, 0.1) is 5.75 Å². The summed E-state index contributed by atoms with van der Waals surface area (Å²) in [5, 5.41) is 0. The molecule has 1 aliphatic rings. The Morgan fingerprint density at radius 3 is 2.42 bits per heavy atom. The molecule has 0 radical (unpaired) electrons. The predicted octanol–water partition coefficient (Wildman–Crippen LogP) is 1.11. The number of rotatable bonds is 4. The fourth-order valence-electron chi connectivity index (χ4n) is 1.58. The van der Waals surface area contributed by atoms with Crippen LogP contribution >= 0.6 is 0 Å². The minimum absolute atomic E-state index is 0.219. The number of nitrogens with one attached hydrogen (secondary N) is 1. The van der Waals surface area contributed by atoms with Crippen LogP contribution in [0.4, 0.5) is 0 Å². The molecule has 0 unspecified atom stereocenters. The molecule has 1 aliphatic carbocycles. The summed E-state index contributed by atoms with van der Waals surface area (Å²) in [5.41, 5.74) is 0. The van der Waals surface area contributed by atoms with Gasteiger partial charge in [0.15, 0.2) is 0 Å². The van der Waals surface area contributed by atoms with E-state index in [-0.39, 0.29) is 11.8 Å². The van der Waals surface area contributed by atoms with Gasteiger partial charge in [-0.3, -0.25) is 0 Å². The molecule has 72 valence electrons. The Bertz CT molecular complexity index is 229. The minimum atomic E-state index is -2.97. The molecule has 0 amide bonds. The van der Waals surface area contributed by atoms with Crippen LogP contribution in [0.25, 0.3) is 0 Å². The van der Waals surface area contributed by atoms with Crippen LogP contribution in [0.5, 0.6) is 0 Å². The van der Waals surface area contributed by atoms with Gasteiger partial charge >= 0.3 is 0 Å². The third-order valence-corrected chi connectivity index (χ3v) is 3.83. The van der Waals surface area contributed by atoms with Crippen molar-refractivity contribution in [3.05, 3.63) is 0 Å². The molecular weight excluding hydrogens is 174 g/mol. The quantitative estimate of drug-likeness (QED) is 0.723. The smallest absolute Gasteiger partial charge is 0.211 e. The van der Waals surface area contributed by atoms with Gasteiger partial charge in [-0.15, -0.1) is 0 Å². The van der Waals surface area contributed by atoms with E-state index >= 15 is 0 Å². The molecule has 12 heavy (non-hydrogen) atoms. The maximum atomic E-state index is 11.2. The van der Waals surface area contributed by atoms with E-state index in [1.54, 1.807) is 0 Å². The lowest BCUT2D eigenvalue weighted by atomic mass is 9.83. The van der Waals surface area contributed by atoms with Gasteiger partial charge in [0.25, 0.3) is 0 Å². The van der Waals surface area contributed by atoms with Gasteiger partial charge in [0.1, 0.15) is 0 Å². The second-order valence-corrected chi connectivity index (χ2v) is 5.58. The van der Waals surface area contributed by atoms with Crippen molar-refractivity contribution in [1.29, 1.82) is 0 Å². The Hall–Kier alpha value is -0.0900. The molecule has 0 atom stereocenters. The maximum Gasteiger partial charge on any atom is 0.211 e. The highest BCUT2D eigenvalue weighted by atomic mass is 32.2. The van der Waals surface area contributed by atoms with Crippen molar-refractivity contribution in [1.82, 2.24) is 4.72 Å². The Balaban J connectivity index is 2.31. The zero-order valence-electron chi connectivity index (χ0n) is 7.71. The van der Waals surface area contributed by atoms with Crippen LogP contribution in [0.3, 0.4) is 0 Å². The van der Waals surface area contributed by atoms with E-state index < -0.39 is 10.0 Å². The van der Waals surface area contributed by atoms with Gasteiger partial charge in [-0.1, -0.05) is 13.8 Å². The summed E-state index contributed by atoms with van der Waals surface area (Å²) < 4.78 is 25.2. The van der Waals surface area contributed by atoms with Crippen molar-refractivity contribution in [3.8, 4) is 0 Å². The van der Waals surface area contributed by atoms with Crippen LogP contribution in [-0.2, 0) is 10.0 Å². The van der Waals surface area contributed by atoms with E-state index in [2.05, 4.69) is 11.6 Å². The molecule has 1 saturated carbocycles. The van der Waals surface area contributed by atoms with Crippen LogP contribution < -0.4 is 4.72 Å². The van der Waals surface area contributed by atoms with Crippen LogP contribution in [0.15, 0.2) is 0 Å². The normalized spacial score (nSPS) is 29.8. The van der Waals surface area contributed by atoms with E-state index in [1.807, 2.05) is 6.92 Å². The molecule has 1 rings (SSSR count). The Morgan fingerprint density at radius 1 is 1.42 bits per heavy atom. The second kappa shape index (κ2) is 3.75. The third kappa shape index (κ3) is 2.75. The number of hydrogen-bond acceptors (Lipinski definition) is 2. The SMILES string of the molecule is CCCS(=O)(=O)NC1CC(C)C1. The summed E-state index contributed by atoms with van der Waals surface area (Å²) in [6.45, 7) is 4.02. The largest absolute Gasteiger partial charge is 0.212 e. The zero-order chi connectivity index (χ0) is 9.19. The third-order valence-electron chi connectivity index (χ3n) is 2.19. The van der Waals surface area contributed by atoms with Crippen molar-refractivity contribution in [2.45, 2.75) is 39.2 Å². The number of hydrogen-bond donors (Lipinski definition) is 1. The molecule has 0 aromatic carbocycles. The van der Waals surface area contributed by atoms with Gasteiger partial charge in [-0.2, -0.15) is 0 Å². The van der Waals surface area contributed by atoms with E-state index in [0.29, 0.717) is 12.3 Å². The highest BCUT2D eigenvalue weighted by Gasteiger charge is 2.28. The van der Waals surface area contributed by atoms with Gasteiger partial charge in [-0.25, -0.2) is 13.1 Å². The van der Waals surface area contributed by atoms with Gasteiger partial charge < -0.3 is 0 Å². The van der Waals surface area contributed by atoms with Crippen molar-refractivity contribution in [3.63, 3.8) is 0 Å². The van der Waals surface area contributed by atoms with Crippen molar-refractivity contribution < 1.29 is 8.42 Å². The van der Waals surface area contributed by atoms with Crippen LogP contribution in [0.2, 0.25) is 0 Å². The molecule has 0 spiro atoms. The first-order valence-electron chi connectivity index (χ1n) is 4.53. The van der Waals surface area contributed by atoms with E-state index in [9.17, 15) is 8.42 Å². The molecule has 0 aliphatic heterocycles. The average molecular weight is 191 g/mol. The van der Waals surface area contributed by atoms with Gasteiger partial charge in [0.2, 0.25) is 10.0 Å². The molecule has 0 aromatic rings. The van der Waals surface area contributed by atoms with Crippen molar-refractivity contribution in [2.75, 3.05) is 5.75 Å². The first-order valence-corrected chi connectivity index (χ1v) is 6.18. The Kier molecular flexibility index (Phi) is 3.12. The zero-order valence-corrected chi connectivity index (χ0v) is 8.52. The lowest BCUT2D eigenvalue weighted by Gasteiger charge is -2.32. The number of sulfonamides is 1. The minimum Gasteiger partial charge on any atom is -0.212 e. The lowest BCUT2D eigenvalue weighted by molar-refractivity contribution is 0.270. The van der Waals surface area contributed by atoms with E-state index in [1.165, 1.54) is 0 Å². The average Bonchev–Trinajstić information content (AvgIpc) is 1.83. The molecule has 0 aromatic heterocycles. The highest BCUT2D eigenvalue weighted by molar-refractivity contribution is 7.89. The highest BCUT2D eigenvalue weighted by Crippen LogP contribution is 2.26. The molecule has 0 bridgehead atoms. The topological polar surface area (TPSA) is 46.2 Å². The lowest BCUT2D eigenvalue weighted by Crippen LogP contribution is -2.44. The summed E-state index contributed by atoms with van der Waals surface area (Å²) in [6, 6.07) is 0.219. The predicted molar refractivity (Wildman–Crippen MR) is 49.4 cm³/mol. The molecule has 3 nitrogen and oxygen atoms in total. The second-order valence-electron chi connectivity index (χ2n) is 3.71. The maximum absolute atomic E-state index is 11.2. The monoisotopic (exact) mass is 191 g/mol. The van der Waals surface area contributed by atoms with Crippen LogP contribution in [0.1, 0.15) is 33.1 Å². The summed E-state index contributed by atoms with van der Waals surface area (Å²) in [5.74, 6) is 0.956. The van der Waals surface area contributed by atoms with Gasteiger partial charge in [-0.05, 0) is 25.2 Å². The first kappa shape index (κ1) is 9.99. The van der Waals surface area contributed by atoms with Crippen molar-refractivity contribution in [2.24, 2.45) is 5.92 Å². The van der Waals surface area contributed by atoms with Crippen LogP contribution in [0, 0.1) is 5.92 Å². The van der Waals surface area contributed by atoms with E-state index in [4.69, 9.17) is 0 Å². The van der Waals surface area contributed by atoms with E-state index in [0.717, 1.165) is 12.8 Å². The van der Waals surface area contributed by atoms with Crippen molar-refractivity contribution >= 4 is 10.0 Å². The summed E-state index contributed by atoms with van der Waals surface area (Å²) in [7, 11) is -2.97. The molecule has 1 fully saturated rings. The Morgan fingerprint density at radius 2 is 2.00 bits per heavy atom. The van der Waals surface area contributed by atoms with Crippen LogP contribution in [-0.4, -0.2) is 20.2 Å². The molecule has 4 heteroatoms. The molecule has 0 saturated heterocycles. The first-order chi connectivity index (χ1) is 5.53. The fraction of sp³-hybridized carbons (Fsp3) is 1.00. The van der Waals surface area contributed by atoms with Gasteiger partial charge in [0, 0.05) is 6.04 Å². The standard InChI is InChI=1S/C8H17NO2S/c1-3-4-12(10,11)9-8-5-7(2)6-8/h7-9H,3-6H2,1-2H3. The summed E-state index contributed by atoms with van der Waals surface area (Å²) in [4.78, 5) is 0. The Labute approximate surface area is 74.6 Å².